The molecule has 0 spiro atoms. The lowest BCUT2D eigenvalue weighted by Crippen LogP contribution is -2.46. The molecule has 1 aromatic carbocycles. The molecular formula is C13H19N3S2. The first kappa shape index (κ1) is 14.9. The van der Waals surface area contributed by atoms with Gasteiger partial charge in [-0.2, -0.15) is 0 Å². The van der Waals surface area contributed by atoms with Crippen molar-refractivity contribution < 1.29 is 0 Å². The molecule has 98 valence electrons. The normalized spacial score (nSPS) is 9.78. The van der Waals surface area contributed by atoms with E-state index in [-0.39, 0.29) is 0 Å². The number of rotatable bonds is 2. The van der Waals surface area contributed by atoms with Crippen LogP contribution in [0.3, 0.4) is 0 Å². The summed E-state index contributed by atoms with van der Waals surface area (Å²) in [4.78, 5) is 5.75. The van der Waals surface area contributed by atoms with Crippen molar-refractivity contribution in [1.82, 2.24) is 14.7 Å². The van der Waals surface area contributed by atoms with E-state index in [0.717, 1.165) is 10.2 Å². The predicted octanol–water partition coefficient (Wildman–Crippen LogP) is 2.18. The van der Waals surface area contributed by atoms with E-state index >= 15 is 0 Å². The number of hydrogen-bond acceptors (Lipinski definition) is 2. The third-order valence-corrected chi connectivity index (χ3v) is 3.58. The Hall–Kier alpha value is -1.20. The molecule has 3 nitrogen and oxygen atoms in total. The summed E-state index contributed by atoms with van der Waals surface area (Å²) in [6.45, 7) is 0.689. The molecule has 0 aromatic heterocycles. The minimum Gasteiger partial charge on any atom is -0.355 e. The van der Waals surface area contributed by atoms with E-state index in [0.29, 0.717) is 6.54 Å². The summed E-state index contributed by atoms with van der Waals surface area (Å²) in [7, 11) is 7.72. The van der Waals surface area contributed by atoms with Crippen LogP contribution in [0.25, 0.3) is 0 Å². The van der Waals surface area contributed by atoms with Gasteiger partial charge in [0, 0.05) is 28.2 Å². The van der Waals surface area contributed by atoms with Crippen LogP contribution in [0.4, 0.5) is 0 Å². The molecule has 5 heteroatoms. The fourth-order valence-electron chi connectivity index (χ4n) is 1.47. The monoisotopic (exact) mass is 281 g/mol. The predicted molar refractivity (Wildman–Crippen MR) is 84.6 cm³/mol. The quantitative estimate of drug-likeness (QED) is 0.766. The van der Waals surface area contributed by atoms with Gasteiger partial charge in [0.05, 0.1) is 6.54 Å². The van der Waals surface area contributed by atoms with E-state index < -0.39 is 0 Å². The van der Waals surface area contributed by atoms with E-state index in [4.69, 9.17) is 24.4 Å². The second-order valence-corrected chi connectivity index (χ2v) is 5.16. The van der Waals surface area contributed by atoms with Gasteiger partial charge in [0.15, 0.2) is 10.2 Å². The van der Waals surface area contributed by atoms with Crippen molar-refractivity contribution in [1.29, 1.82) is 0 Å². The molecule has 0 aliphatic heterocycles. The lowest BCUT2D eigenvalue weighted by Gasteiger charge is -2.32. The Bertz CT molecular complexity index is 396. The standard InChI is InChI=1S/C13H19N3S2/c1-14(2)12(17)16(13(18)15(3)4)10-11-8-6-5-7-9-11/h5-9H,10H2,1-4H3. The second-order valence-electron chi connectivity index (χ2n) is 4.43. The van der Waals surface area contributed by atoms with Crippen LogP contribution in [0.2, 0.25) is 0 Å². The van der Waals surface area contributed by atoms with Gasteiger partial charge < -0.3 is 9.80 Å². The molecule has 0 aliphatic rings. The zero-order chi connectivity index (χ0) is 13.7. The van der Waals surface area contributed by atoms with Crippen LogP contribution in [0.1, 0.15) is 5.56 Å². The van der Waals surface area contributed by atoms with Crippen LogP contribution >= 0.6 is 24.4 Å². The molecule has 0 aliphatic carbocycles. The van der Waals surface area contributed by atoms with Crippen molar-refractivity contribution in [3.63, 3.8) is 0 Å². The van der Waals surface area contributed by atoms with Crippen LogP contribution in [0, 0.1) is 0 Å². The summed E-state index contributed by atoms with van der Waals surface area (Å²) in [6.07, 6.45) is 0. The zero-order valence-electron chi connectivity index (χ0n) is 11.3. The van der Waals surface area contributed by atoms with Crippen molar-refractivity contribution in [2.45, 2.75) is 6.54 Å². The van der Waals surface area contributed by atoms with Gasteiger partial charge in [-0.25, -0.2) is 0 Å². The highest BCUT2D eigenvalue weighted by atomic mass is 32.1. The minimum atomic E-state index is 0.689. The third kappa shape index (κ3) is 3.92. The van der Waals surface area contributed by atoms with Gasteiger partial charge in [-0.3, -0.25) is 4.90 Å². The molecule has 0 amide bonds. The highest BCUT2D eigenvalue weighted by molar-refractivity contribution is 7.81. The van der Waals surface area contributed by atoms with Gasteiger partial charge in [0.25, 0.3) is 0 Å². The zero-order valence-corrected chi connectivity index (χ0v) is 12.9. The largest absolute Gasteiger partial charge is 0.355 e. The van der Waals surface area contributed by atoms with Gasteiger partial charge in [-0.1, -0.05) is 30.3 Å². The van der Waals surface area contributed by atoms with Crippen molar-refractivity contribution in [2.24, 2.45) is 0 Å². The Kier molecular flexibility index (Phi) is 5.50. The molecule has 0 atom stereocenters. The van der Waals surface area contributed by atoms with Crippen molar-refractivity contribution in [2.75, 3.05) is 28.2 Å². The topological polar surface area (TPSA) is 9.72 Å². The van der Waals surface area contributed by atoms with Gasteiger partial charge >= 0.3 is 0 Å². The van der Waals surface area contributed by atoms with Crippen molar-refractivity contribution in [3.05, 3.63) is 35.9 Å². The van der Waals surface area contributed by atoms with Crippen LogP contribution in [-0.2, 0) is 6.54 Å². The molecule has 1 rings (SSSR count). The molecule has 0 bridgehead atoms. The highest BCUT2D eigenvalue weighted by Gasteiger charge is 2.18. The van der Waals surface area contributed by atoms with Gasteiger partial charge in [-0.05, 0) is 30.0 Å². The molecule has 1 aromatic rings. The summed E-state index contributed by atoms with van der Waals surface area (Å²) >= 11 is 10.9. The van der Waals surface area contributed by atoms with Crippen LogP contribution in [0.15, 0.2) is 30.3 Å². The van der Waals surface area contributed by atoms with Crippen LogP contribution in [0.5, 0.6) is 0 Å². The van der Waals surface area contributed by atoms with Gasteiger partial charge in [0.2, 0.25) is 0 Å². The molecule has 0 saturated carbocycles. The minimum absolute atomic E-state index is 0.689. The second kappa shape index (κ2) is 6.66. The lowest BCUT2D eigenvalue weighted by atomic mass is 10.2. The summed E-state index contributed by atoms with van der Waals surface area (Å²) in [5.41, 5.74) is 1.19. The maximum Gasteiger partial charge on any atom is 0.177 e. The number of nitrogens with zero attached hydrogens (tertiary/aromatic N) is 3. The first-order chi connectivity index (χ1) is 8.43. The van der Waals surface area contributed by atoms with Gasteiger partial charge in [0.1, 0.15) is 0 Å². The third-order valence-electron chi connectivity index (χ3n) is 2.41. The van der Waals surface area contributed by atoms with Crippen molar-refractivity contribution in [3.8, 4) is 0 Å². The van der Waals surface area contributed by atoms with Crippen molar-refractivity contribution >= 4 is 34.7 Å². The fraction of sp³-hybridized carbons (Fsp3) is 0.385. The molecule has 0 heterocycles. The summed E-state index contributed by atoms with van der Waals surface area (Å²) in [5, 5.41) is 1.44. The smallest absolute Gasteiger partial charge is 0.177 e. The van der Waals surface area contributed by atoms with Gasteiger partial charge in [-0.15, -0.1) is 0 Å². The molecule has 0 radical (unpaired) electrons. The maximum atomic E-state index is 5.43. The van der Waals surface area contributed by atoms with E-state index in [1.54, 1.807) is 0 Å². The Morgan fingerprint density at radius 1 is 0.889 bits per heavy atom. The molecular weight excluding hydrogens is 262 g/mol. The molecule has 0 fully saturated rings. The summed E-state index contributed by atoms with van der Waals surface area (Å²) in [5.74, 6) is 0. The average Bonchev–Trinajstić information content (AvgIpc) is 2.35. The molecule has 0 unspecified atom stereocenters. The Morgan fingerprint density at radius 3 is 1.72 bits per heavy atom. The maximum absolute atomic E-state index is 5.43. The van der Waals surface area contributed by atoms with Crippen LogP contribution < -0.4 is 0 Å². The number of thiocarbonyl (C=S) groups is 2. The molecule has 0 N–H and O–H groups in total. The Labute approximate surface area is 120 Å². The van der Waals surface area contributed by atoms with E-state index in [2.05, 4.69) is 12.1 Å². The average molecular weight is 281 g/mol. The van der Waals surface area contributed by atoms with E-state index in [9.17, 15) is 0 Å². The molecule has 18 heavy (non-hydrogen) atoms. The Balaban J connectivity index is 2.92. The summed E-state index contributed by atoms with van der Waals surface area (Å²) < 4.78 is 0. The lowest BCUT2D eigenvalue weighted by molar-refractivity contribution is 0.452. The summed E-state index contributed by atoms with van der Waals surface area (Å²) in [6, 6.07) is 10.2. The number of benzene rings is 1. The highest BCUT2D eigenvalue weighted by Crippen LogP contribution is 2.09. The first-order valence-corrected chi connectivity index (χ1v) is 6.49. The molecule has 0 saturated heterocycles. The van der Waals surface area contributed by atoms with E-state index in [1.165, 1.54) is 5.56 Å². The first-order valence-electron chi connectivity index (χ1n) is 5.67. The SMILES string of the molecule is CN(C)C(=S)N(Cc1ccccc1)C(=S)N(C)C. The fourth-order valence-corrected chi connectivity index (χ4v) is 1.83. The Morgan fingerprint density at radius 2 is 1.33 bits per heavy atom. The van der Waals surface area contributed by atoms with Crippen LogP contribution in [-0.4, -0.2) is 53.1 Å². The van der Waals surface area contributed by atoms with E-state index in [1.807, 2.05) is 61.1 Å². The number of hydrogen-bond donors (Lipinski definition) is 0.